The van der Waals surface area contributed by atoms with Crippen molar-refractivity contribution in [2.75, 3.05) is 11.9 Å². The first-order valence-electron chi connectivity index (χ1n) is 8.12. The van der Waals surface area contributed by atoms with Gasteiger partial charge in [-0.2, -0.15) is 0 Å². The van der Waals surface area contributed by atoms with Gasteiger partial charge in [-0.05, 0) is 37.0 Å². The smallest absolute Gasteiger partial charge is 0.222 e. The topological polar surface area (TPSA) is 79.5 Å². The number of nitrogens with one attached hydrogen (secondary N) is 2. The SMILES string of the molecule is CCc1cccc(NC(N)=NCCC(=O)NC2CCCC2)c1. The van der Waals surface area contributed by atoms with Crippen molar-refractivity contribution in [1.29, 1.82) is 0 Å². The second-order valence-electron chi connectivity index (χ2n) is 5.74. The van der Waals surface area contributed by atoms with E-state index in [1.807, 2.05) is 12.1 Å². The fourth-order valence-corrected chi connectivity index (χ4v) is 2.70. The number of carbonyl (C=O) groups excluding carboxylic acids is 1. The quantitative estimate of drug-likeness (QED) is 0.558. The van der Waals surface area contributed by atoms with Crippen molar-refractivity contribution in [2.24, 2.45) is 10.7 Å². The molecule has 0 bridgehead atoms. The lowest BCUT2D eigenvalue weighted by atomic mass is 10.1. The Morgan fingerprint density at radius 3 is 2.86 bits per heavy atom. The molecule has 1 fully saturated rings. The van der Waals surface area contributed by atoms with E-state index >= 15 is 0 Å². The third kappa shape index (κ3) is 5.39. The molecule has 0 aliphatic heterocycles. The number of hydrogen-bond acceptors (Lipinski definition) is 2. The predicted molar refractivity (Wildman–Crippen MR) is 90.9 cm³/mol. The molecule has 1 aliphatic carbocycles. The second kappa shape index (κ2) is 8.41. The number of carbonyl (C=O) groups is 1. The van der Waals surface area contributed by atoms with Crippen molar-refractivity contribution in [3.8, 4) is 0 Å². The summed E-state index contributed by atoms with van der Waals surface area (Å²) in [4.78, 5) is 16.0. The van der Waals surface area contributed by atoms with E-state index in [1.54, 1.807) is 0 Å². The van der Waals surface area contributed by atoms with E-state index in [1.165, 1.54) is 18.4 Å². The van der Waals surface area contributed by atoms with Gasteiger partial charge in [0.15, 0.2) is 5.96 Å². The van der Waals surface area contributed by atoms with Gasteiger partial charge in [0.2, 0.25) is 5.91 Å². The number of nitrogens with zero attached hydrogens (tertiary/aromatic N) is 1. The number of hydrogen-bond donors (Lipinski definition) is 3. The Bertz CT molecular complexity index is 521. The molecule has 0 spiro atoms. The van der Waals surface area contributed by atoms with Gasteiger partial charge in [-0.25, -0.2) is 0 Å². The lowest BCUT2D eigenvalue weighted by Crippen LogP contribution is -2.33. The molecule has 0 saturated heterocycles. The summed E-state index contributed by atoms with van der Waals surface area (Å²) in [5.41, 5.74) is 8.03. The zero-order chi connectivity index (χ0) is 15.8. The van der Waals surface area contributed by atoms with Crippen LogP contribution in [0, 0.1) is 0 Å². The van der Waals surface area contributed by atoms with Crippen molar-refractivity contribution in [2.45, 2.75) is 51.5 Å². The van der Waals surface area contributed by atoms with Gasteiger partial charge in [0.05, 0.1) is 6.54 Å². The zero-order valence-electron chi connectivity index (χ0n) is 13.3. The summed E-state index contributed by atoms with van der Waals surface area (Å²) in [7, 11) is 0. The van der Waals surface area contributed by atoms with Crippen molar-refractivity contribution < 1.29 is 4.79 Å². The second-order valence-corrected chi connectivity index (χ2v) is 5.74. The van der Waals surface area contributed by atoms with Crippen molar-refractivity contribution in [1.82, 2.24) is 5.32 Å². The van der Waals surface area contributed by atoms with Gasteiger partial charge in [-0.1, -0.05) is 31.9 Å². The van der Waals surface area contributed by atoms with E-state index in [4.69, 9.17) is 5.73 Å². The molecular formula is C17H26N4O. The Balaban J connectivity index is 1.73. The van der Waals surface area contributed by atoms with Crippen molar-refractivity contribution >= 4 is 17.6 Å². The summed E-state index contributed by atoms with van der Waals surface area (Å²) in [6.45, 7) is 2.52. The number of nitrogens with two attached hydrogens (primary N) is 1. The maximum Gasteiger partial charge on any atom is 0.222 e. The van der Waals surface area contributed by atoms with E-state index in [0.717, 1.165) is 24.9 Å². The lowest BCUT2D eigenvalue weighted by molar-refractivity contribution is -0.121. The molecule has 0 unspecified atom stereocenters. The highest BCUT2D eigenvalue weighted by molar-refractivity contribution is 5.92. The van der Waals surface area contributed by atoms with Crippen LogP contribution in [0.15, 0.2) is 29.3 Å². The number of benzene rings is 1. The Hall–Kier alpha value is -2.04. The zero-order valence-corrected chi connectivity index (χ0v) is 13.3. The van der Waals surface area contributed by atoms with Crippen LogP contribution in [0.2, 0.25) is 0 Å². The maximum atomic E-state index is 11.8. The minimum atomic E-state index is 0.0661. The third-order valence-electron chi connectivity index (χ3n) is 3.95. The molecule has 5 heteroatoms. The average molecular weight is 302 g/mol. The van der Waals surface area contributed by atoms with Gasteiger partial charge >= 0.3 is 0 Å². The van der Waals surface area contributed by atoms with Crippen LogP contribution in [0.25, 0.3) is 0 Å². The van der Waals surface area contributed by atoms with E-state index < -0.39 is 0 Å². The highest BCUT2D eigenvalue weighted by Gasteiger charge is 2.16. The van der Waals surface area contributed by atoms with Crippen LogP contribution in [0.1, 0.15) is 44.6 Å². The summed E-state index contributed by atoms with van der Waals surface area (Å²) in [6.07, 6.45) is 6.01. The Morgan fingerprint density at radius 1 is 1.36 bits per heavy atom. The molecule has 1 amide bonds. The molecule has 0 radical (unpaired) electrons. The first-order chi connectivity index (χ1) is 10.7. The van der Waals surface area contributed by atoms with Crippen LogP contribution in [0.5, 0.6) is 0 Å². The average Bonchev–Trinajstić information content (AvgIpc) is 3.00. The van der Waals surface area contributed by atoms with Crippen molar-refractivity contribution in [3.05, 3.63) is 29.8 Å². The van der Waals surface area contributed by atoms with Gasteiger partial charge < -0.3 is 16.4 Å². The molecule has 5 nitrogen and oxygen atoms in total. The predicted octanol–water partition coefficient (Wildman–Crippen LogP) is 2.42. The first kappa shape index (κ1) is 16.3. The molecule has 1 aromatic rings. The fraction of sp³-hybridized carbons (Fsp3) is 0.529. The minimum Gasteiger partial charge on any atom is -0.370 e. The van der Waals surface area contributed by atoms with Gasteiger partial charge in [0.25, 0.3) is 0 Å². The monoisotopic (exact) mass is 302 g/mol. The van der Waals surface area contributed by atoms with Crippen LogP contribution in [0.3, 0.4) is 0 Å². The number of anilines is 1. The van der Waals surface area contributed by atoms with Crippen LogP contribution >= 0.6 is 0 Å². The summed E-state index contributed by atoms with van der Waals surface area (Å²) >= 11 is 0. The summed E-state index contributed by atoms with van der Waals surface area (Å²) in [6, 6.07) is 8.43. The Kier molecular flexibility index (Phi) is 6.25. The van der Waals surface area contributed by atoms with Gasteiger partial charge in [0, 0.05) is 18.2 Å². The third-order valence-corrected chi connectivity index (χ3v) is 3.95. The van der Waals surface area contributed by atoms with Crippen LogP contribution in [0.4, 0.5) is 5.69 Å². The molecule has 0 atom stereocenters. The van der Waals surface area contributed by atoms with E-state index in [2.05, 4.69) is 34.7 Å². The standard InChI is InChI=1S/C17H26N4O/c1-2-13-6-5-9-15(12-13)21-17(18)19-11-10-16(22)20-14-7-3-4-8-14/h5-6,9,12,14H,2-4,7-8,10-11H2,1H3,(H,20,22)(H3,18,19,21). The van der Waals surface area contributed by atoms with E-state index in [0.29, 0.717) is 25.0 Å². The van der Waals surface area contributed by atoms with Gasteiger partial charge in [-0.3, -0.25) is 9.79 Å². The summed E-state index contributed by atoms with van der Waals surface area (Å²) in [5, 5.41) is 6.11. The van der Waals surface area contributed by atoms with Gasteiger partial charge in [0.1, 0.15) is 0 Å². The van der Waals surface area contributed by atoms with Crippen LogP contribution in [-0.2, 0) is 11.2 Å². The molecule has 1 saturated carbocycles. The number of guanidine groups is 1. The molecule has 2 rings (SSSR count). The molecule has 1 aliphatic rings. The molecule has 0 heterocycles. The molecular weight excluding hydrogens is 276 g/mol. The van der Waals surface area contributed by atoms with Crippen LogP contribution < -0.4 is 16.4 Å². The summed E-state index contributed by atoms with van der Waals surface area (Å²) in [5.74, 6) is 0.415. The highest BCUT2D eigenvalue weighted by Crippen LogP contribution is 2.17. The molecule has 120 valence electrons. The first-order valence-corrected chi connectivity index (χ1v) is 8.12. The van der Waals surface area contributed by atoms with Gasteiger partial charge in [-0.15, -0.1) is 0 Å². The minimum absolute atomic E-state index is 0.0661. The molecule has 0 aromatic heterocycles. The lowest BCUT2D eigenvalue weighted by Gasteiger charge is -2.11. The summed E-state index contributed by atoms with van der Waals surface area (Å²) < 4.78 is 0. The number of amides is 1. The van der Waals surface area contributed by atoms with Crippen LogP contribution in [-0.4, -0.2) is 24.5 Å². The fourth-order valence-electron chi connectivity index (χ4n) is 2.70. The largest absolute Gasteiger partial charge is 0.370 e. The maximum absolute atomic E-state index is 11.8. The number of aliphatic imine (C=N–C) groups is 1. The Morgan fingerprint density at radius 2 is 2.14 bits per heavy atom. The highest BCUT2D eigenvalue weighted by atomic mass is 16.1. The number of aryl methyl sites for hydroxylation is 1. The van der Waals surface area contributed by atoms with Crippen molar-refractivity contribution in [3.63, 3.8) is 0 Å². The molecule has 1 aromatic carbocycles. The molecule has 22 heavy (non-hydrogen) atoms. The molecule has 4 N–H and O–H groups in total. The number of rotatable bonds is 6. The Labute approximate surface area is 132 Å². The van der Waals surface area contributed by atoms with E-state index in [9.17, 15) is 4.79 Å². The normalized spacial score (nSPS) is 15.8. The van der Waals surface area contributed by atoms with E-state index in [-0.39, 0.29) is 5.91 Å².